The van der Waals surface area contributed by atoms with E-state index in [0.29, 0.717) is 6.61 Å². The van der Waals surface area contributed by atoms with Crippen molar-refractivity contribution in [3.05, 3.63) is 18.2 Å². The Kier molecular flexibility index (Phi) is 6.99. The topological polar surface area (TPSA) is 45.0 Å². The number of nitrogens with two attached hydrogens (primary N) is 1. The van der Waals surface area contributed by atoms with Crippen LogP contribution in [0.15, 0.2) is 18.2 Å². The van der Waals surface area contributed by atoms with Crippen molar-refractivity contribution in [1.82, 2.24) is 9.80 Å². The predicted molar refractivity (Wildman–Crippen MR) is 98.5 cm³/mol. The SMILES string of the molecule is CCN(CC)CCOc1ccc(N)cc1N1CCN(CC)CC1. The first-order valence-corrected chi connectivity index (χ1v) is 8.89. The van der Waals surface area contributed by atoms with Crippen molar-refractivity contribution in [3.63, 3.8) is 0 Å². The highest BCUT2D eigenvalue weighted by atomic mass is 16.5. The molecule has 0 unspecified atom stereocenters. The van der Waals surface area contributed by atoms with E-state index in [2.05, 4.69) is 35.5 Å². The highest BCUT2D eigenvalue weighted by molar-refractivity contribution is 5.65. The number of benzene rings is 1. The minimum absolute atomic E-state index is 0.716. The second kappa shape index (κ2) is 8.99. The first kappa shape index (κ1) is 17.9. The van der Waals surface area contributed by atoms with Crippen LogP contribution in [0.1, 0.15) is 20.8 Å². The summed E-state index contributed by atoms with van der Waals surface area (Å²) in [5.41, 5.74) is 7.95. The van der Waals surface area contributed by atoms with E-state index in [-0.39, 0.29) is 0 Å². The van der Waals surface area contributed by atoms with Crippen LogP contribution in [0.3, 0.4) is 0 Å². The zero-order valence-electron chi connectivity index (χ0n) is 14.9. The Morgan fingerprint density at radius 2 is 1.78 bits per heavy atom. The lowest BCUT2D eigenvalue weighted by Crippen LogP contribution is -2.46. The van der Waals surface area contributed by atoms with Gasteiger partial charge in [0.1, 0.15) is 12.4 Å². The van der Waals surface area contributed by atoms with E-state index in [0.717, 1.165) is 69.5 Å². The fourth-order valence-corrected chi connectivity index (χ4v) is 3.03. The Morgan fingerprint density at radius 3 is 2.39 bits per heavy atom. The number of hydrogen-bond donors (Lipinski definition) is 1. The standard InChI is InChI=1S/C18H32N4O/c1-4-20(5-2)13-14-23-18-8-7-16(19)15-17(18)22-11-9-21(6-3)10-12-22/h7-8,15H,4-6,9-14,19H2,1-3H3. The molecule has 5 heteroatoms. The number of hydrogen-bond acceptors (Lipinski definition) is 5. The fourth-order valence-electron chi connectivity index (χ4n) is 3.03. The van der Waals surface area contributed by atoms with Crippen molar-refractivity contribution in [1.29, 1.82) is 0 Å². The van der Waals surface area contributed by atoms with Gasteiger partial charge in [0.05, 0.1) is 5.69 Å². The second-order valence-corrected chi connectivity index (χ2v) is 6.02. The maximum absolute atomic E-state index is 6.08. The summed E-state index contributed by atoms with van der Waals surface area (Å²) in [6.45, 7) is 15.8. The summed E-state index contributed by atoms with van der Waals surface area (Å²) in [5.74, 6) is 0.955. The van der Waals surface area contributed by atoms with E-state index in [1.54, 1.807) is 0 Å². The quantitative estimate of drug-likeness (QED) is 0.744. The molecule has 0 bridgehead atoms. The molecule has 0 aromatic heterocycles. The summed E-state index contributed by atoms with van der Waals surface area (Å²) < 4.78 is 6.08. The van der Waals surface area contributed by atoms with Crippen LogP contribution in [0.25, 0.3) is 0 Å². The van der Waals surface area contributed by atoms with Crippen LogP contribution in [-0.4, -0.2) is 68.8 Å². The third-order valence-electron chi connectivity index (χ3n) is 4.70. The first-order valence-electron chi connectivity index (χ1n) is 8.89. The van der Waals surface area contributed by atoms with Crippen LogP contribution in [0.5, 0.6) is 5.75 Å². The highest BCUT2D eigenvalue weighted by Gasteiger charge is 2.19. The van der Waals surface area contributed by atoms with Crippen molar-refractivity contribution < 1.29 is 4.74 Å². The van der Waals surface area contributed by atoms with Gasteiger partial charge in [-0.1, -0.05) is 20.8 Å². The minimum Gasteiger partial charge on any atom is -0.490 e. The molecule has 1 aliphatic heterocycles. The Balaban J connectivity index is 2.00. The van der Waals surface area contributed by atoms with Crippen LogP contribution >= 0.6 is 0 Å². The largest absolute Gasteiger partial charge is 0.490 e. The molecule has 1 aromatic carbocycles. The van der Waals surface area contributed by atoms with Gasteiger partial charge in [-0.05, 0) is 37.8 Å². The van der Waals surface area contributed by atoms with Gasteiger partial charge in [-0.3, -0.25) is 0 Å². The summed E-state index contributed by atoms with van der Waals surface area (Å²) in [4.78, 5) is 7.25. The molecule has 23 heavy (non-hydrogen) atoms. The number of anilines is 2. The van der Waals surface area contributed by atoms with Gasteiger partial charge in [0.25, 0.3) is 0 Å². The van der Waals surface area contributed by atoms with Gasteiger partial charge < -0.3 is 25.2 Å². The fraction of sp³-hybridized carbons (Fsp3) is 0.667. The van der Waals surface area contributed by atoms with E-state index in [1.165, 1.54) is 0 Å². The molecule has 1 heterocycles. The Bertz CT molecular complexity index is 468. The van der Waals surface area contributed by atoms with Gasteiger partial charge in [-0.15, -0.1) is 0 Å². The Labute approximate surface area is 141 Å². The van der Waals surface area contributed by atoms with E-state index in [4.69, 9.17) is 10.5 Å². The summed E-state index contributed by atoms with van der Waals surface area (Å²) in [5, 5.41) is 0. The number of piperazine rings is 1. The maximum atomic E-state index is 6.08. The number of nitrogens with zero attached hydrogens (tertiary/aromatic N) is 3. The maximum Gasteiger partial charge on any atom is 0.142 e. The Hall–Kier alpha value is -1.46. The van der Waals surface area contributed by atoms with Gasteiger partial charge >= 0.3 is 0 Å². The molecule has 1 saturated heterocycles. The average Bonchev–Trinajstić information content (AvgIpc) is 2.60. The van der Waals surface area contributed by atoms with Crippen LogP contribution < -0.4 is 15.4 Å². The van der Waals surface area contributed by atoms with Gasteiger partial charge in [-0.25, -0.2) is 0 Å². The second-order valence-electron chi connectivity index (χ2n) is 6.02. The lowest BCUT2D eigenvalue weighted by atomic mass is 10.2. The van der Waals surface area contributed by atoms with E-state index in [9.17, 15) is 0 Å². The first-order chi connectivity index (χ1) is 11.2. The van der Waals surface area contributed by atoms with Crippen LogP contribution in [-0.2, 0) is 0 Å². The molecule has 0 aliphatic carbocycles. The lowest BCUT2D eigenvalue weighted by Gasteiger charge is -2.36. The monoisotopic (exact) mass is 320 g/mol. The normalized spacial score (nSPS) is 16.1. The van der Waals surface area contributed by atoms with Gasteiger partial charge in [0, 0.05) is 38.4 Å². The molecular formula is C18H32N4O. The number of rotatable bonds is 8. The molecule has 0 amide bonds. The van der Waals surface area contributed by atoms with Gasteiger partial charge in [0.2, 0.25) is 0 Å². The van der Waals surface area contributed by atoms with Crippen molar-refractivity contribution >= 4 is 11.4 Å². The lowest BCUT2D eigenvalue weighted by molar-refractivity contribution is 0.222. The van der Waals surface area contributed by atoms with Crippen molar-refractivity contribution in [2.24, 2.45) is 0 Å². The molecule has 2 rings (SSSR count). The molecule has 0 atom stereocenters. The molecule has 1 aliphatic rings. The zero-order valence-corrected chi connectivity index (χ0v) is 14.9. The number of likely N-dealkylation sites (N-methyl/N-ethyl adjacent to an activating group) is 2. The van der Waals surface area contributed by atoms with Crippen LogP contribution in [0.4, 0.5) is 11.4 Å². The minimum atomic E-state index is 0.716. The van der Waals surface area contributed by atoms with E-state index in [1.807, 2.05) is 18.2 Å². The predicted octanol–water partition coefficient (Wildman–Crippen LogP) is 2.13. The molecule has 0 radical (unpaired) electrons. The highest BCUT2D eigenvalue weighted by Crippen LogP contribution is 2.31. The molecule has 0 saturated carbocycles. The van der Waals surface area contributed by atoms with E-state index < -0.39 is 0 Å². The Morgan fingerprint density at radius 1 is 1.09 bits per heavy atom. The number of ether oxygens (including phenoxy) is 1. The van der Waals surface area contributed by atoms with E-state index >= 15 is 0 Å². The molecule has 2 N–H and O–H groups in total. The molecular weight excluding hydrogens is 288 g/mol. The molecule has 130 valence electrons. The van der Waals surface area contributed by atoms with Crippen LogP contribution in [0.2, 0.25) is 0 Å². The molecule has 5 nitrogen and oxygen atoms in total. The van der Waals surface area contributed by atoms with Crippen LogP contribution in [0, 0.1) is 0 Å². The van der Waals surface area contributed by atoms with Gasteiger partial charge in [0.15, 0.2) is 0 Å². The molecule has 0 spiro atoms. The van der Waals surface area contributed by atoms with Crippen molar-refractivity contribution in [3.8, 4) is 5.75 Å². The number of nitrogen functional groups attached to an aromatic ring is 1. The van der Waals surface area contributed by atoms with Gasteiger partial charge in [-0.2, -0.15) is 0 Å². The smallest absolute Gasteiger partial charge is 0.142 e. The summed E-state index contributed by atoms with van der Waals surface area (Å²) in [6, 6.07) is 5.99. The summed E-state index contributed by atoms with van der Waals surface area (Å²) >= 11 is 0. The average molecular weight is 320 g/mol. The zero-order chi connectivity index (χ0) is 16.7. The van der Waals surface area contributed by atoms with Crippen molar-refractivity contribution in [2.45, 2.75) is 20.8 Å². The summed E-state index contributed by atoms with van der Waals surface area (Å²) in [6.07, 6.45) is 0. The molecule has 1 aromatic rings. The third-order valence-corrected chi connectivity index (χ3v) is 4.70. The van der Waals surface area contributed by atoms with Crippen molar-refractivity contribution in [2.75, 3.05) is 69.6 Å². The third kappa shape index (κ3) is 5.01. The summed E-state index contributed by atoms with van der Waals surface area (Å²) in [7, 11) is 0. The molecule has 1 fully saturated rings.